The summed E-state index contributed by atoms with van der Waals surface area (Å²) >= 11 is 1.15. The summed E-state index contributed by atoms with van der Waals surface area (Å²) in [5.41, 5.74) is 1.33. The van der Waals surface area contributed by atoms with Crippen LogP contribution < -0.4 is 5.32 Å². The first-order valence-electron chi connectivity index (χ1n) is 9.67. The van der Waals surface area contributed by atoms with Gasteiger partial charge in [0, 0.05) is 10.9 Å². The standard InChI is InChI=1S/C22H20FNO5S/c1-2-29-22(28)18-15(11-5-7-14(23)8-6-11)10-30-20(18)24-19(25)16-12-3-4-13(9-12)17(16)21(26)27/h3-8,10,12-13,16-17H,2,9H2,1H3,(H,24,25)(H,26,27)/t12-,13+,16-,17+/m1/s1. The molecule has 1 saturated carbocycles. The zero-order valence-corrected chi connectivity index (χ0v) is 16.9. The van der Waals surface area contributed by atoms with Gasteiger partial charge in [0.2, 0.25) is 5.91 Å². The van der Waals surface area contributed by atoms with Gasteiger partial charge < -0.3 is 15.2 Å². The smallest absolute Gasteiger partial charge is 0.341 e. The SMILES string of the molecule is CCOC(=O)c1c(-c2ccc(F)cc2)csc1NC(=O)[C@H]1[C@@H](C(=O)O)[C@H]2C=C[C@@H]1C2. The summed E-state index contributed by atoms with van der Waals surface area (Å²) in [6.07, 6.45) is 4.42. The van der Waals surface area contributed by atoms with Crippen molar-refractivity contribution in [1.29, 1.82) is 0 Å². The highest BCUT2D eigenvalue weighted by Crippen LogP contribution is 2.49. The fourth-order valence-corrected chi connectivity index (χ4v) is 5.37. The zero-order chi connectivity index (χ0) is 21.4. The molecule has 0 saturated heterocycles. The molecule has 1 aromatic carbocycles. The van der Waals surface area contributed by atoms with E-state index in [1.807, 2.05) is 12.2 Å². The average molecular weight is 429 g/mol. The first-order chi connectivity index (χ1) is 14.4. The lowest BCUT2D eigenvalue weighted by Gasteiger charge is -2.23. The Morgan fingerprint density at radius 2 is 1.83 bits per heavy atom. The molecule has 1 aromatic heterocycles. The number of amides is 1. The van der Waals surface area contributed by atoms with Gasteiger partial charge in [0.25, 0.3) is 0 Å². The molecule has 8 heteroatoms. The first-order valence-corrected chi connectivity index (χ1v) is 10.5. The molecular formula is C22H20FNO5S. The first kappa shape index (κ1) is 20.3. The van der Waals surface area contributed by atoms with Crippen molar-refractivity contribution < 1.29 is 28.6 Å². The number of carboxylic acids is 1. The van der Waals surface area contributed by atoms with Crippen LogP contribution in [0, 0.1) is 29.5 Å². The number of hydrogen-bond acceptors (Lipinski definition) is 5. The highest BCUT2D eigenvalue weighted by molar-refractivity contribution is 7.15. The molecule has 4 rings (SSSR count). The monoisotopic (exact) mass is 429 g/mol. The van der Waals surface area contributed by atoms with E-state index in [4.69, 9.17) is 4.74 Å². The molecule has 1 fully saturated rings. The van der Waals surface area contributed by atoms with Crippen molar-refractivity contribution in [3.8, 4) is 11.1 Å². The van der Waals surface area contributed by atoms with Gasteiger partial charge in [-0.15, -0.1) is 11.3 Å². The molecule has 2 aromatic rings. The van der Waals surface area contributed by atoms with Gasteiger partial charge in [-0.05, 0) is 42.9 Å². The predicted octanol–water partition coefficient (Wildman–Crippen LogP) is 4.19. The van der Waals surface area contributed by atoms with Gasteiger partial charge in [0.15, 0.2) is 0 Å². The molecule has 0 unspecified atom stereocenters. The number of esters is 1. The van der Waals surface area contributed by atoms with Gasteiger partial charge >= 0.3 is 11.9 Å². The Morgan fingerprint density at radius 1 is 1.17 bits per heavy atom. The summed E-state index contributed by atoms with van der Waals surface area (Å²) in [5, 5.41) is 14.4. The fraction of sp³-hybridized carbons (Fsp3) is 0.318. The predicted molar refractivity (Wildman–Crippen MR) is 110 cm³/mol. The number of allylic oxidation sites excluding steroid dienone is 2. The Kier molecular flexibility index (Phi) is 5.42. The van der Waals surface area contributed by atoms with Crippen LogP contribution in [0.15, 0.2) is 41.8 Å². The van der Waals surface area contributed by atoms with E-state index >= 15 is 0 Å². The van der Waals surface area contributed by atoms with Gasteiger partial charge in [-0.2, -0.15) is 0 Å². The summed E-state index contributed by atoms with van der Waals surface area (Å²) in [5.74, 6) is -4.15. The molecule has 1 heterocycles. The van der Waals surface area contributed by atoms with Crippen LogP contribution in [0.3, 0.4) is 0 Å². The Labute approximate surface area is 176 Å². The normalized spacial score (nSPS) is 24.1. The molecule has 2 bridgehead atoms. The maximum absolute atomic E-state index is 13.3. The lowest BCUT2D eigenvalue weighted by Crippen LogP contribution is -2.36. The van der Waals surface area contributed by atoms with Gasteiger partial charge in [-0.3, -0.25) is 9.59 Å². The number of aliphatic carboxylic acids is 1. The number of thiophene rings is 1. The number of carboxylic acid groups (broad SMARTS) is 1. The Hall–Kier alpha value is -3.00. The van der Waals surface area contributed by atoms with Crippen molar-refractivity contribution in [2.75, 3.05) is 11.9 Å². The van der Waals surface area contributed by atoms with Crippen LogP contribution in [0.2, 0.25) is 0 Å². The quantitative estimate of drug-likeness (QED) is 0.531. The Balaban J connectivity index is 1.66. The molecule has 156 valence electrons. The molecule has 0 radical (unpaired) electrons. The minimum absolute atomic E-state index is 0.126. The van der Waals surface area contributed by atoms with Crippen LogP contribution in [0.25, 0.3) is 11.1 Å². The largest absolute Gasteiger partial charge is 0.481 e. The van der Waals surface area contributed by atoms with Crippen molar-refractivity contribution in [3.63, 3.8) is 0 Å². The highest BCUT2D eigenvalue weighted by Gasteiger charge is 2.51. The lowest BCUT2D eigenvalue weighted by atomic mass is 9.82. The summed E-state index contributed by atoms with van der Waals surface area (Å²) < 4.78 is 18.5. The zero-order valence-electron chi connectivity index (χ0n) is 16.1. The lowest BCUT2D eigenvalue weighted by molar-refractivity contribution is -0.146. The van der Waals surface area contributed by atoms with Crippen molar-refractivity contribution in [2.45, 2.75) is 13.3 Å². The van der Waals surface area contributed by atoms with E-state index in [1.54, 1.807) is 24.4 Å². The van der Waals surface area contributed by atoms with E-state index in [0.29, 0.717) is 22.5 Å². The number of hydrogen-bond donors (Lipinski definition) is 2. The van der Waals surface area contributed by atoms with Crippen LogP contribution in [0.4, 0.5) is 9.39 Å². The minimum Gasteiger partial charge on any atom is -0.481 e. The van der Waals surface area contributed by atoms with E-state index in [9.17, 15) is 23.9 Å². The molecule has 2 aliphatic rings. The van der Waals surface area contributed by atoms with Gasteiger partial charge in [0.05, 0.1) is 18.4 Å². The van der Waals surface area contributed by atoms with Crippen molar-refractivity contribution >= 4 is 34.2 Å². The molecule has 6 nitrogen and oxygen atoms in total. The topological polar surface area (TPSA) is 92.7 Å². The third-order valence-corrected chi connectivity index (χ3v) is 6.61. The molecule has 2 N–H and O–H groups in total. The second-order valence-electron chi connectivity index (χ2n) is 7.41. The number of halogens is 1. The molecule has 2 aliphatic carbocycles. The van der Waals surface area contributed by atoms with Crippen molar-refractivity contribution in [3.05, 3.63) is 53.2 Å². The van der Waals surface area contributed by atoms with Crippen LogP contribution in [0.5, 0.6) is 0 Å². The number of carbonyl (C=O) groups excluding carboxylic acids is 2. The van der Waals surface area contributed by atoms with Gasteiger partial charge in [0.1, 0.15) is 16.4 Å². The molecule has 0 spiro atoms. The summed E-state index contributed by atoms with van der Waals surface area (Å²) in [6.45, 7) is 1.84. The van der Waals surface area contributed by atoms with E-state index in [0.717, 1.165) is 11.3 Å². The third-order valence-electron chi connectivity index (χ3n) is 5.71. The second kappa shape index (κ2) is 8.02. The third kappa shape index (κ3) is 3.52. The number of benzene rings is 1. The van der Waals surface area contributed by atoms with Crippen LogP contribution >= 0.6 is 11.3 Å². The maximum atomic E-state index is 13.3. The summed E-state index contributed by atoms with van der Waals surface area (Å²) in [4.78, 5) is 37.4. The van der Waals surface area contributed by atoms with Crippen molar-refractivity contribution in [2.24, 2.45) is 23.7 Å². The molecular weight excluding hydrogens is 409 g/mol. The Morgan fingerprint density at radius 3 is 2.47 bits per heavy atom. The number of nitrogens with one attached hydrogen (secondary N) is 1. The molecule has 1 amide bonds. The van der Waals surface area contributed by atoms with Crippen LogP contribution in [0.1, 0.15) is 23.7 Å². The molecule has 30 heavy (non-hydrogen) atoms. The molecule has 0 aliphatic heterocycles. The average Bonchev–Trinajstić information content (AvgIpc) is 3.42. The number of rotatable bonds is 6. The highest BCUT2D eigenvalue weighted by atomic mass is 32.1. The number of fused-ring (bicyclic) bond motifs is 2. The van der Waals surface area contributed by atoms with E-state index in [1.165, 1.54) is 12.1 Å². The van der Waals surface area contributed by atoms with Gasteiger partial charge in [-0.1, -0.05) is 24.3 Å². The second-order valence-corrected chi connectivity index (χ2v) is 8.29. The van der Waals surface area contributed by atoms with E-state index < -0.39 is 35.5 Å². The van der Waals surface area contributed by atoms with Crippen LogP contribution in [-0.4, -0.2) is 29.6 Å². The maximum Gasteiger partial charge on any atom is 0.341 e. The Bertz CT molecular complexity index is 1030. The van der Waals surface area contributed by atoms with Crippen LogP contribution in [-0.2, 0) is 14.3 Å². The summed E-state index contributed by atoms with van der Waals surface area (Å²) in [7, 11) is 0. The van der Waals surface area contributed by atoms with E-state index in [2.05, 4.69) is 5.32 Å². The number of anilines is 1. The molecule has 4 atom stereocenters. The fourth-order valence-electron chi connectivity index (χ4n) is 4.41. The van der Waals surface area contributed by atoms with Crippen molar-refractivity contribution in [1.82, 2.24) is 0 Å². The number of carbonyl (C=O) groups is 3. The minimum atomic E-state index is -0.990. The van der Waals surface area contributed by atoms with Gasteiger partial charge in [-0.25, -0.2) is 9.18 Å². The summed E-state index contributed by atoms with van der Waals surface area (Å²) in [6, 6.07) is 5.68. The number of ether oxygens (including phenoxy) is 1. The van der Waals surface area contributed by atoms with E-state index in [-0.39, 0.29) is 24.0 Å².